The number of nitrogens with zero attached hydrogens (tertiary/aromatic N) is 1. The van der Waals surface area contributed by atoms with Gasteiger partial charge in [-0.05, 0) is 25.8 Å². The Kier molecular flexibility index (Phi) is 3.42. The summed E-state index contributed by atoms with van der Waals surface area (Å²) < 4.78 is 5.63. The highest BCUT2D eigenvalue weighted by Gasteiger charge is 2.27. The van der Waals surface area contributed by atoms with Crippen LogP contribution in [0.5, 0.6) is 0 Å². The maximum atomic E-state index is 5.63. The molecular weight excluding hydrogens is 176 g/mol. The van der Waals surface area contributed by atoms with Gasteiger partial charge in [0.1, 0.15) is 0 Å². The third kappa shape index (κ3) is 2.69. The Morgan fingerprint density at radius 1 is 1.43 bits per heavy atom. The summed E-state index contributed by atoms with van der Waals surface area (Å²) in [6, 6.07) is 0.580. The summed E-state index contributed by atoms with van der Waals surface area (Å²) in [6.45, 7) is 6.04. The maximum absolute atomic E-state index is 5.63. The molecule has 2 unspecified atom stereocenters. The first-order valence-electron chi connectivity index (χ1n) is 5.85. The predicted molar refractivity (Wildman–Crippen MR) is 57.2 cm³/mol. The van der Waals surface area contributed by atoms with Gasteiger partial charge in [0.15, 0.2) is 0 Å². The van der Waals surface area contributed by atoms with Crippen LogP contribution in [0.1, 0.15) is 26.2 Å². The van der Waals surface area contributed by atoms with Gasteiger partial charge < -0.3 is 10.5 Å². The SMILES string of the molecule is CC1COC(CN)CN1CCC1CC1. The molecule has 1 aliphatic heterocycles. The fourth-order valence-electron chi connectivity index (χ4n) is 2.08. The molecule has 2 atom stereocenters. The summed E-state index contributed by atoms with van der Waals surface area (Å²) in [4.78, 5) is 2.54. The zero-order valence-corrected chi connectivity index (χ0v) is 9.11. The Labute approximate surface area is 86.6 Å². The topological polar surface area (TPSA) is 38.5 Å². The molecule has 0 aromatic rings. The summed E-state index contributed by atoms with van der Waals surface area (Å²) in [7, 11) is 0. The smallest absolute Gasteiger partial charge is 0.0824 e. The number of hydrogen-bond donors (Lipinski definition) is 1. The molecule has 1 saturated heterocycles. The lowest BCUT2D eigenvalue weighted by atomic mass is 10.1. The van der Waals surface area contributed by atoms with Crippen molar-refractivity contribution in [1.29, 1.82) is 0 Å². The number of ether oxygens (including phenoxy) is 1. The molecule has 1 heterocycles. The molecule has 3 heteroatoms. The van der Waals surface area contributed by atoms with Crippen molar-refractivity contribution >= 4 is 0 Å². The molecule has 2 fully saturated rings. The average molecular weight is 198 g/mol. The zero-order chi connectivity index (χ0) is 9.97. The van der Waals surface area contributed by atoms with Crippen LogP contribution in [-0.2, 0) is 4.74 Å². The molecule has 0 aromatic carbocycles. The van der Waals surface area contributed by atoms with Gasteiger partial charge in [-0.1, -0.05) is 12.8 Å². The van der Waals surface area contributed by atoms with Crippen molar-refractivity contribution in [2.45, 2.75) is 38.3 Å². The van der Waals surface area contributed by atoms with E-state index < -0.39 is 0 Å². The monoisotopic (exact) mass is 198 g/mol. The van der Waals surface area contributed by atoms with E-state index >= 15 is 0 Å². The van der Waals surface area contributed by atoms with Crippen LogP contribution in [0.3, 0.4) is 0 Å². The molecule has 82 valence electrons. The van der Waals surface area contributed by atoms with Gasteiger partial charge in [0, 0.05) is 19.1 Å². The molecule has 0 amide bonds. The predicted octanol–water partition coefficient (Wildman–Crippen LogP) is 0.834. The summed E-state index contributed by atoms with van der Waals surface area (Å²) in [5.74, 6) is 1.03. The van der Waals surface area contributed by atoms with Crippen LogP contribution in [0, 0.1) is 5.92 Å². The van der Waals surface area contributed by atoms with Crippen LogP contribution in [0.2, 0.25) is 0 Å². The standard InChI is InChI=1S/C11H22N2O/c1-9-8-14-11(6-12)7-13(9)5-4-10-2-3-10/h9-11H,2-8,12H2,1H3. The summed E-state index contributed by atoms with van der Waals surface area (Å²) in [5.41, 5.74) is 5.63. The van der Waals surface area contributed by atoms with Crippen LogP contribution in [0.4, 0.5) is 0 Å². The summed E-state index contributed by atoms with van der Waals surface area (Å²) in [6.07, 6.45) is 4.56. The highest BCUT2D eigenvalue weighted by molar-refractivity contribution is 4.81. The minimum Gasteiger partial charge on any atom is -0.374 e. The van der Waals surface area contributed by atoms with E-state index in [0.717, 1.165) is 19.1 Å². The molecule has 1 saturated carbocycles. The van der Waals surface area contributed by atoms with Crippen molar-refractivity contribution in [3.8, 4) is 0 Å². The van der Waals surface area contributed by atoms with Crippen LogP contribution in [-0.4, -0.2) is 43.3 Å². The molecular formula is C11H22N2O. The maximum Gasteiger partial charge on any atom is 0.0824 e. The van der Waals surface area contributed by atoms with Gasteiger partial charge in [0.2, 0.25) is 0 Å². The van der Waals surface area contributed by atoms with Gasteiger partial charge >= 0.3 is 0 Å². The molecule has 3 nitrogen and oxygen atoms in total. The lowest BCUT2D eigenvalue weighted by Gasteiger charge is -2.37. The summed E-state index contributed by atoms with van der Waals surface area (Å²) in [5, 5.41) is 0. The average Bonchev–Trinajstić information content (AvgIpc) is 3.00. The minimum absolute atomic E-state index is 0.269. The van der Waals surface area contributed by atoms with Gasteiger partial charge in [-0.25, -0.2) is 0 Å². The molecule has 0 radical (unpaired) electrons. The molecule has 2 rings (SSSR count). The first-order valence-corrected chi connectivity index (χ1v) is 5.85. The highest BCUT2D eigenvalue weighted by atomic mass is 16.5. The van der Waals surface area contributed by atoms with E-state index in [2.05, 4.69) is 11.8 Å². The van der Waals surface area contributed by atoms with E-state index in [1.165, 1.54) is 25.8 Å². The van der Waals surface area contributed by atoms with Crippen LogP contribution >= 0.6 is 0 Å². The van der Waals surface area contributed by atoms with Gasteiger partial charge in [0.05, 0.1) is 12.7 Å². The molecule has 1 aliphatic carbocycles. The molecule has 2 N–H and O–H groups in total. The Hall–Kier alpha value is -0.120. The van der Waals surface area contributed by atoms with E-state index in [4.69, 9.17) is 10.5 Å². The van der Waals surface area contributed by atoms with Crippen molar-refractivity contribution in [3.05, 3.63) is 0 Å². The number of morpholine rings is 1. The van der Waals surface area contributed by atoms with Crippen molar-refractivity contribution in [1.82, 2.24) is 4.90 Å². The van der Waals surface area contributed by atoms with E-state index in [1.54, 1.807) is 0 Å². The van der Waals surface area contributed by atoms with Gasteiger partial charge in [-0.2, -0.15) is 0 Å². The third-order valence-electron chi connectivity index (χ3n) is 3.42. The third-order valence-corrected chi connectivity index (χ3v) is 3.42. The second-order valence-corrected chi connectivity index (χ2v) is 4.77. The highest BCUT2D eigenvalue weighted by Crippen LogP contribution is 2.32. The number of rotatable bonds is 4. The van der Waals surface area contributed by atoms with E-state index in [0.29, 0.717) is 12.6 Å². The van der Waals surface area contributed by atoms with Gasteiger partial charge in [-0.3, -0.25) is 4.90 Å². The van der Waals surface area contributed by atoms with Crippen LogP contribution < -0.4 is 5.73 Å². The largest absolute Gasteiger partial charge is 0.374 e. The fraction of sp³-hybridized carbons (Fsp3) is 1.00. The lowest BCUT2D eigenvalue weighted by molar-refractivity contribution is -0.0540. The Morgan fingerprint density at radius 2 is 2.21 bits per heavy atom. The van der Waals surface area contributed by atoms with Crippen LogP contribution in [0.25, 0.3) is 0 Å². The number of nitrogens with two attached hydrogens (primary N) is 1. The second kappa shape index (κ2) is 4.60. The molecule has 0 bridgehead atoms. The van der Waals surface area contributed by atoms with Crippen molar-refractivity contribution in [2.24, 2.45) is 11.7 Å². The van der Waals surface area contributed by atoms with Gasteiger partial charge in [-0.15, -0.1) is 0 Å². The minimum atomic E-state index is 0.269. The van der Waals surface area contributed by atoms with E-state index in [1.807, 2.05) is 0 Å². The van der Waals surface area contributed by atoms with E-state index in [9.17, 15) is 0 Å². The number of hydrogen-bond acceptors (Lipinski definition) is 3. The van der Waals surface area contributed by atoms with Gasteiger partial charge in [0.25, 0.3) is 0 Å². The Morgan fingerprint density at radius 3 is 2.86 bits per heavy atom. The second-order valence-electron chi connectivity index (χ2n) is 4.77. The lowest BCUT2D eigenvalue weighted by Crippen LogP contribution is -2.50. The molecule has 0 spiro atoms. The zero-order valence-electron chi connectivity index (χ0n) is 9.11. The normalized spacial score (nSPS) is 34.7. The van der Waals surface area contributed by atoms with Crippen molar-refractivity contribution < 1.29 is 4.74 Å². The Balaban J connectivity index is 1.74. The summed E-state index contributed by atoms with van der Waals surface area (Å²) >= 11 is 0. The van der Waals surface area contributed by atoms with Crippen LogP contribution in [0.15, 0.2) is 0 Å². The first kappa shape index (κ1) is 10.4. The quantitative estimate of drug-likeness (QED) is 0.727. The molecule has 14 heavy (non-hydrogen) atoms. The van der Waals surface area contributed by atoms with E-state index in [-0.39, 0.29) is 6.10 Å². The molecule has 0 aromatic heterocycles. The Bertz CT molecular complexity index is 182. The fourth-order valence-corrected chi connectivity index (χ4v) is 2.08. The first-order chi connectivity index (χ1) is 6.79. The van der Waals surface area contributed by atoms with Crippen molar-refractivity contribution in [2.75, 3.05) is 26.2 Å². The molecule has 2 aliphatic rings. The van der Waals surface area contributed by atoms with Crippen molar-refractivity contribution in [3.63, 3.8) is 0 Å².